The minimum atomic E-state index is -0.640. The van der Waals surface area contributed by atoms with Gasteiger partial charge < -0.3 is 14.2 Å². The maximum absolute atomic E-state index is 13.5. The van der Waals surface area contributed by atoms with E-state index in [2.05, 4.69) is 0 Å². The van der Waals surface area contributed by atoms with Crippen LogP contribution in [0.15, 0.2) is 66.2 Å². The Hall–Kier alpha value is -4.45. The first-order chi connectivity index (χ1) is 20.3. The summed E-state index contributed by atoms with van der Waals surface area (Å²) in [6.07, 6.45) is 1.24. The second-order valence-electron chi connectivity index (χ2n) is 9.18. The molecule has 7 nitrogen and oxygen atoms in total. The second-order valence-corrected chi connectivity index (χ2v) is 10.7. The number of ether oxygens (including phenoxy) is 3. The molecule has 0 bridgehead atoms. The van der Waals surface area contributed by atoms with Gasteiger partial charge in [0, 0.05) is 21.9 Å². The summed E-state index contributed by atoms with van der Waals surface area (Å²) >= 11 is 7.00. The lowest BCUT2D eigenvalue weighted by atomic mass is 9.98. The van der Waals surface area contributed by atoms with Gasteiger partial charge in [-0.15, -0.1) is 11.3 Å². The van der Waals surface area contributed by atoms with Gasteiger partial charge in [0.05, 0.1) is 24.4 Å². The van der Waals surface area contributed by atoms with E-state index in [-0.39, 0.29) is 42.3 Å². The molecule has 0 spiro atoms. The summed E-state index contributed by atoms with van der Waals surface area (Å²) in [7, 11) is 0. The van der Waals surface area contributed by atoms with Crippen LogP contribution in [0.5, 0.6) is 5.75 Å². The fourth-order valence-corrected chi connectivity index (χ4v) is 5.72. The normalized spacial score (nSPS) is 11.2. The molecule has 4 rings (SSSR count). The Bertz CT molecular complexity index is 1720. The number of nitriles is 1. The van der Waals surface area contributed by atoms with Crippen LogP contribution in [0.4, 0.5) is 0 Å². The van der Waals surface area contributed by atoms with E-state index in [1.54, 1.807) is 39.0 Å². The number of esters is 2. The van der Waals surface area contributed by atoms with Gasteiger partial charge in [0.2, 0.25) is 0 Å². The summed E-state index contributed by atoms with van der Waals surface area (Å²) < 4.78 is 16.5. The molecule has 42 heavy (non-hydrogen) atoms. The highest BCUT2D eigenvalue weighted by atomic mass is 35.5. The molecule has 0 radical (unpaired) electrons. The topological polar surface area (TPSA) is 103 Å². The first kappa shape index (κ1) is 30.5. The van der Waals surface area contributed by atoms with Gasteiger partial charge in [-0.25, -0.2) is 9.59 Å². The number of rotatable bonds is 11. The third-order valence-electron chi connectivity index (χ3n) is 6.43. The molecule has 0 aliphatic rings. The van der Waals surface area contributed by atoms with Crippen LogP contribution >= 0.6 is 22.9 Å². The summed E-state index contributed by atoms with van der Waals surface area (Å²) in [5.41, 5.74) is 1.88. The van der Waals surface area contributed by atoms with E-state index in [1.165, 1.54) is 6.08 Å². The van der Waals surface area contributed by atoms with Crippen molar-refractivity contribution >= 4 is 57.5 Å². The maximum atomic E-state index is 13.5. The predicted molar refractivity (Wildman–Crippen MR) is 163 cm³/mol. The largest absolute Gasteiger partial charge is 0.488 e. The molecule has 0 atom stereocenters. The fourth-order valence-electron chi connectivity index (χ4n) is 4.41. The average molecular weight is 602 g/mol. The Morgan fingerprint density at radius 2 is 1.64 bits per heavy atom. The molecule has 0 N–H and O–H groups in total. The van der Waals surface area contributed by atoms with E-state index in [1.807, 2.05) is 48.5 Å². The third kappa shape index (κ3) is 6.88. The van der Waals surface area contributed by atoms with Gasteiger partial charge >= 0.3 is 11.9 Å². The highest BCUT2D eigenvalue weighted by molar-refractivity contribution is 7.14. The van der Waals surface area contributed by atoms with Gasteiger partial charge in [0.1, 0.15) is 23.3 Å². The molecule has 0 unspecified atom stereocenters. The summed E-state index contributed by atoms with van der Waals surface area (Å²) in [5.74, 6) is -1.25. The minimum Gasteiger partial charge on any atom is -0.488 e. The maximum Gasteiger partial charge on any atom is 0.348 e. The van der Waals surface area contributed by atoms with Crippen LogP contribution in [0, 0.1) is 18.3 Å². The fraction of sp³-hybridized carbons (Fsp3) is 0.212. The molecule has 0 saturated heterocycles. The highest BCUT2D eigenvalue weighted by Gasteiger charge is 2.28. The van der Waals surface area contributed by atoms with Crippen molar-refractivity contribution in [3.8, 4) is 11.8 Å². The van der Waals surface area contributed by atoms with E-state index < -0.39 is 17.7 Å². The van der Waals surface area contributed by atoms with Crippen molar-refractivity contribution in [1.82, 2.24) is 0 Å². The Labute approximate surface area is 252 Å². The van der Waals surface area contributed by atoms with Crippen LogP contribution in [-0.4, -0.2) is 30.9 Å². The van der Waals surface area contributed by atoms with Gasteiger partial charge in [-0.1, -0.05) is 54.1 Å². The summed E-state index contributed by atoms with van der Waals surface area (Å²) in [6, 6.07) is 20.6. The molecule has 0 aliphatic heterocycles. The van der Waals surface area contributed by atoms with Crippen molar-refractivity contribution < 1.29 is 28.6 Å². The van der Waals surface area contributed by atoms with Crippen LogP contribution in [0.3, 0.4) is 0 Å². The van der Waals surface area contributed by atoms with E-state index in [9.17, 15) is 19.6 Å². The lowest BCUT2D eigenvalue weighted by Crippen LogP contribution is -2.12. The smallest absolute Gasteiger partial charge is 0.348 e. The number of ketones is 1. The first-order valence-corrected chi connectivity index (χ1v) is 14.5. The van der Waals surface area contributed by atoms with Crippen LogP contribution in [0.2, 0.25) is 5.02 Å². The van der Waals surface area contributed by atoms with Gasteiger partial charge in [0.25, 0.3) is 0 Å². The van der Waals surface area contributed by atoms with Crippen molar-refractivity contribution in [2.24, 2.45) is 0 Å². The van der Waals surface area contributed by atoms with Crippen molar-refractivity contribution in [3.05, 3.63) is 103 Å². The van der Waals surface area contributed by atoms with Crippen LogP contribution in [0.1, 0.15) is 55.4 Å². The number of hydrogen-bond acceptors (Lipinski definition) is 8. The number of hydrogen-bond donors (Lipinski definition) is 0. The van der Waals surface area contributed by atoms with Crippen molar-refractivity contribution in [3.63, 3.8) is 0 Å². The zero-order valence-corrected chi connectivity index (χ0v) is 24.9. The van der Waals surface area contributed by atoms with Gasteiger partial charge in [-0.3, -0.25) is 4.79 Å². The molecule has 214 valence electrons. The molecule has 0 aliphatic carbocycles. The Kier molecular flexibility index (Phi) is 10.1. The van der Waals surface area contributed by atoms with Gasteiger partial charge in [0.15, 0.2) is 5.78 Å². The zero-order valence-electron chi connectivity index (χ0n) is 23.4. The molecule has 1 aromatic heterocycles. The standard InChI is InChI=1S/C33H28ClNO6S/c1-4-39-32(37)30-20(3)31(33(38)40-5-2)42-29(30)17-27(36)23(18-35)16-26-25-9-7-6-8-22(25)12-15-28(26)41-19-21-10-13-24(34)14-11-21/h6-16H,4-5,17,19H2,1-3H3/b23-16+. The number of halogens is 1. The molecule has 1 heterocycles. The number of Topliss-reactive ketones (excluding diaryl/α,β-unsaturated/α-hetero) is 1. The van der Waals surface area contributed by atoms with E-state index >= 15 is 0 Å². The summed E-state index contributed by atoms with van der Waals surface area (Å²) in [5, 5.41) is 12.4. The molecule has 0 saturated carbocycles. The molecule has 0 fully saturated rings. The Morgan fingerprint density at radius 3 is 2.33 bits per heavy atom. The molecule has 0 amide bonds. The van der Waals surface area contributed by atoms with Crippen molar-refractivity contribution in [2.75, 3.05) is 13.2 Å². The number of thiophene rings is 1. The third-order valence-corrected chi connectivity index (χ3v) is 7.95. The molecule has 9 heteroatoms. The van der Waals surface area contributed by atoms with E-state index in [4.69, 9.17) is 25.8 Å². The Morgan fingerprint density at radius 1 is 0.952 bits per heavy atom. The lowest BCUT2D eigenvalue weighted by molar-refractivity contribution is -0.114. The monoisotopic (exact) mass is 601 g/mol. The number of benzene rings is 3. The quantitative estimate of drug-likeness (QED) is 0.0995. The Balaban J connectivity index is 1.72. The first-order valence-electron chi connectivity index (χ1n) is 13.3. The number of nitrogens with zero attached hydrogens (tertiary/aromatic N) is 1. The van der Waals surface area contributed by atoms with Crippen molar-refractivity contribution in [1.29, 1.82) is 5.26 Å². The van der Waals surface area contributed by atoms with Crippen LogP contribution in [0.25, 0.3) is 16.8 Å². The van der Waals surface area contributed by atoms with Gasteiger partial charge in [-0.2, -0.15) is 5.26 Å². The van der Waals surface area contributed by atoms with Crippen molar-refractivity contribution in [2.45, 2.75) is 33.8 Å². The lowest BCUT2D eigenvalue weighted by Gasteiger charge is -2.13. The zero-order chi connectivity index (χ0) is 30.2. The SMILES string of the molecule is CCOC(=O)c1sc(CC(=O)/C(C#N)=C/c2c(OCc3ccc(Cl)cc3)ccc3ccccc23)c(C(=O)OCC)c1C. The highest BCUT2D eigenvalue weighted by Crippen LogP contribution is 2.33. The van der Waals surface area contributed by atoms with E-state index in [0.717, 1.165) is 27.7 Å². The average Bonchev–Trinajstić information content (AvgIpc) is 3.31. The number of carbonyl (C=O) groups is 3. The second kappa shape index (κ2) is 13.9. The molecule has 4 aromatic rings. The number of fused-ring (bicyclic) bond motifs is 1. The van der Waals surface area contributed by atoms with E-state index in [0.29, 0.717) is 26.8 Å². The predicted octanol–water partition coefficient (Wildman–Crippen LogP) is 7.51. The molecular formula is C33H28ClNO6S. The molecule has 3 aromatic carbocycles. The minimum absolute atomic E-state index is 0.124. The van der Waals surface area contributed by atoms with Crippen LogP contribution < -0.4 is 4.74 Å². The molecular weight excluding hydrogens is 574 g/mol. The van der Waals surface area contributed by atoms with Crippen LogP contribution in [-0.2, 0) is 27.3 Å². The number of allylic oxidation sites excluding steroid dienone is 1. The van der Waals surface area contributed by atoms with Gasteiger partial charge in [-0.05, 0) is 66.9 Å². The summed E-state index contributed by atoms with van der Waals surface area (Å²) in [4.78, 5) is 39.4. The summed E-state index contributed by atoms with van der Waals surface area (Å²) in [6.45, 7) is 5.50. The number of carbonyl (C=O) groups excluding carboxylic acids is 3.